The SMILES string of the molecule is CCNC(c1csc(C)c1)c1ccc(C)cc1Br. The molecule has 1 heterocycles. The number of aryl methyl sites for hydroxylation is 2. The highest BCUT2D eigenvalue weighted by atomic mass is 79.9. The third-order valence-corrected chi connectivity index (χ3v) is 4.53. The van der Waals surface area contributed by atoms with Crippen molar-refractivity contribution < 1.29 is 0 Å². The first kappa shape index (κ1) is 13.8. The zero-order chi connectivity index (χ0) is 13.1. The summed E-state index contributed by atoms with van der Waals surface area (Å²) >= 11 is 5.49. The number of hydrogen-bond donors (Lipinski definition) is 1. The minimum atomic E-state index is 0.273. The molecule has 0 bridgehead atoms. The molecule has 3 heteroatoms. The standard InChI is InChI=1S/C15H18BrNS/c1-4-17-15(12-8-11(3)18-9-12)13-6-5-10(2)7-14(13)16/h5-9,15,17H,4H2,1-3H3. The van der Waals surface area contributed by atoms with Crippen LogP contribution >= 0.6 is 27.3 Å². The molecule has 0 spiro atoms. The zero-order valence-corrected chi connectivity index (χ0v) is 13.4. The van der Waals surface area contributed by atoms with E-state index in [4.69, 9.17) is 0 Å². The Labute approximate surface area is 121 Å². The third-order valence-electron chi connectivity index (χ3n) is 2.96. The smallest absolute Gasteiger partial charge is 0.0596 e. The van der Waals surface area contributed by atoms with Crippen molar-refractivity contribution in [1.29, 1.82) is 0 Å². The number of halogens is 1. The van der Waals surface area contributed by atoms with Gasteiger partial charge >= 0.3 is 0 Å². The Hall–Kier alpha value is -0.640. The van der Waals surface area contributed by atoms with Crippen LogP contribution in [-0.4, -0.2) is 6.54 Å². The molecule has 0 aliphatic carbocycles. The van der Waals surface area contributed by atoms with Crippen molar-refractivity contribution in [2.75, 3.05) is 6.54 Å². The van der Waals surface area contributed by atoms with E-state index in [1.54, 1.807) is 11.3 Å². The summed E-state index contributed by atoms with van der Waals surface area (Å²) in [6.07, 6.45) is 0. The highest BCUT2D eigenvalue weighted by molar-refractivity contribution is 9.10. The first-order valence-electron chi connectivity index (χ1n) is 6.16. The predicted octanol–water partition coefficient (Wildman–Crippen LogP) is 4.83. The van der Waals surface area contributed by atoms with Gasteiger partial charge in [-0.05, 0) is 54.6 Å². The van der Waals surface area contributed by atoms with Gasteiger partial charge in [0.05, 0.1) is 6.04 Å². The van der Waals surface area contributed by atoms with Gasteiger partial charge in [-0.2, -0.15) is 0 Å². The highest BCUT2D eigenvalue weighted by Gasteiger charge is 2.16. The number of nitrogens with one attached hydrogen (secondary N) is 1. The molecule has 1 aromatic heterocycles. The van der Waals surface area contributed by atoms with Crippen molar-refractivity contribution in [2.45, 2.75) is 26.8 Å². The minimum absolute atomic E-state index is 0.273. The Morgan fingerprint density at radius 2 is 2.06 bits per heavy atom. The van der Waals surface area contributed by atoms with Crippen LogP contribution in [-0.2, 0) is 0 Å². The second kappa shape index (κ2) is 6.00. The third kappa shape index (κ3) is 3.02. The van der Waals surface area contributed by atoms with Crippen LogP contribution in [0.1, 0.15) is 34.5 Å². The van der Waals surface area contributed by atoms with Crippen molar-refractivity contribution in [3.8, 4) is 0 Å². The second-order valence-corrected chi connectivity index (χ2v) is 6.48. The van der Waals surface area contributed by atoms with Crippen LogP contribution in [0.3, 0.4) is 0 Å². The van der Waals surface area contributed by atoms with E-state index in [-0.39, 0.29) is 6.04 Å². The molecule has 0 radical (unpaired) electrons. The van der Waals surface area contributed by atoms with Crippen LogP contribution < -0.4 is 5.32 Å². The summed E-state index contributed by atoms with van der Waals surface area (Å²) in [6.45, 7) is 7.38. The molecule has 1 N–H and O–H groups in total. The van der Waals surface area contributed by atoms with Gasteiger partial charge in [0.15, 0.2) is 0 Å². The molecule has 0 amide bonds. The monoisotopic (exact) mass is 323 g/mol. The Bertz CT molecular complexity index is 533. The topological polar surface area (TPSA) is 12.0 Å². The molecule has 1 aromatic carbocycles. The second-order valence-electron chi connectivity index (χ2n) is 4.51. The molecule has 96 valence electrons. The van der Waals surface area contributed by atoms with Crippen LogP contribution in [0, 0.1) is 13.8 Å². The fourth-order valence-corrected chi connectivity index (χ4v) is 3.55. The fourth-order valence-electron chi connectivity index (χ4n) is 2.09. The van der Waals surface area contributed by atoms with Crippen molar-refractivity contribution in [3.63, 3.8) is 0 Å². The molecule has 0 fully saturated rings. The van der Waals surface area contributed by atoms with E-state index in [0.29, 0.717) is 0 Å². The molecular formula is C15H18BrNS. The number of hydrogen-bond acceptors (Lipinski definition) is 2. The van der Waals surface area contributed by atoms with Gasteiger partial charge in [0.25, 0.3) is 0 Å². The van der Waals surface area contributed by atoms with Crippen LogP contribution in [0.4, 0.5) is 0 Å². The number of thiophene rings is 1. The summed E-state index contributed by atoms with van der Waals surface area (Å²) in [6, 6.07) is 9.10. The summed E-state index contributed by atoms with van der Waals surface area (Å²) in [5, 5.41) is 5.81. The summed E-state index contributed by atoms with van der Waals surface area (Å²) in [4.78, 5) is 1.36. The van der Waals surface area contributed by atoms with Gasteiger partial charge in [-0.3, -0.25) is 0 Å². The molecule has 2 aromatic rings. The molecule has 0 saturated heterocycles. The van der Waals surface area contributed by atoms with E-state index in [0.717, 1.165) is 6.54 Å². The van der Waals surface area contributed by atoms with Crippen LogP contribution in [0.25, 0.3) is 0 Å². The van der Waals surface area contributed by atoms with Crippen molar-refractivity contribution in [3.05, 3.63) is 55.7 Å². The lowest BCUT2D eigenvalue weighted by atomic mass is 10.00. The normalized spacial score (nSPS) is 12.7. The van der Waals surface area contributed by atoms with Gasteiger partial charge in [-0.15, -0.1) is 11.3 Å². The maximum atomic E-state index is 3.69. The predicted molar refractivity (Wildman–Crippen MR) is 83.5 cm³/mol. The van der Waals surface area contributed by atoms with Gasteiger partial charge < -0.3 is 5.32 Å². The number of benzene rings is 1. The Morgan fingerprint density at radius 1 is 1.28 bits per heavy atom. The Morgan fingerprint density at radius 3 is 2.61 bits per heavy atom. The van der Waals surface area contributed by atoms with E-state index >= 15 is 0 Å². The minimum Gasteiger partial charge on any atom is -0.306 e. The van der Waals surface area contributed by atoms with Gasteiger partial charge in [-0.25, -0.2) is 0 Å². The van der Waals surface area contributed by atoms with E-state index in [2.05, 4.69) is 71.7 Å². The molecule has 0 aliphatic heterocycles. The quantitative estimate of drug-likeness (QED) is 0.850. The zero-order valence-electron chi connectivity index (χ0n) is 11.0. The first-order valence-corrected chi connectivity index (χ1v) is 7.83. The van der Waals surface area contributed by atoms with E-state index in [1.165, 1.54) is 26.0 Å². The Kier molecular flexibility index (Phi) is 4.60. The summed E-state index contributed by atoms with van der Waals surface area (Å²) < 4.78 is 1.18. The van der Waals surface area contributed by atoms with Crippen LogP contribution in [0.15, 0.2) is 34.1 Å². The lowest BCUT2D eigenvalue weighted by Crippen LogP contribution is -2.21. The number of rotatable bonds is 4. The van der Waals surface area contributed by atoms with Crippen molar-refractivity contribution in [2.24, 2.45) is 0 Å². The molecule has 0 saturated carbocycles. The summed E-state index contributed by atoms with van der Waals surface area (Å²) in [7, 11) is 0. The summed E-state index contributed by atoms with van der Waals surface area (Å²) in [5.41, 5.74) is 3.94. The van der Waals surface area contributed by atoms with E-state index in [9.17, 15) is 0 Å². The van der Waals surface area contributed by atoms with Gasteiger partial charge in [0, 0.05) is 9.35 Å². The lowest BCUT2D eigenvalue weighted by molar-refractivity contribution is 0.630. The molecule has 18 heavy (non-hydrogen) atoms. The Balaban J connectivity index is 2.41. The maximum absolute atomic E-state index is 3.69. The van der Waals surface area contributed by atoms with Crippen LogP contribution in [0.2, 0.25) is 0 Å². The average molecular weight is 324 g/mol. The van der Waals surface area contributed by atoms with Crippen LogP contribution in [0.5, 0.6) is 0 Å². The van der Waals surface area contributed by atoms with Gasteiger partial charge in [-0.1, -0.05) is 35.0 Å². The molecule has 1 unspecified atom stereocenters. The highest BCUT2D eigenvalue weighted by Crippen LogP contribution is 2.31. The van der Waals surface area contributed by atoms with Crippen molar-refractivity contribution in [1.82, 2.24) is 5.32 Å². The van der Waals surface area contributed by atoms with Gasteiger partial charge in [0.2, 0.25) is 0 Å². The lowest BCUT2D eigenvalue weighted by Gasteiger charge is -2.19. The maximum Gasteiger partial charge on any atom is 0.0596 e. The van der Waals surface area contributed by atoms with Crippen molar-refractivity contribution >= 4 is 27.3 Å². The van der Waals surface area contributed by atoms with Gasteiger partial charge in [0.1, 0.15) is 0 Å². The molecule has 1 nitrogen and oxygen atoms in total. The molecular weight excluding hydrogens is 306 g/mol. The molecule has 0 aliphatic rings. The molecule has 1 atom stereocenters. The largest absolute Gasteiger partial charge is 0.306 e. The molecule has 2 rings (SSSR count). The average Bonchev–Trinajstić information content (AvgIpc) is 2.73. The first-order chi connectivity index (χ1) is 8.61. The van der Waals surface area contributed by atoms with E-state index in [1.807, 2.05) is 0 Å². The summed E-state index contributed by atoms with van der Waals surface area (Å²) in [5.74, 6) is 0. The van der Waals surface area contributed by atoms with E-state index < -0.39 is 0 Å². The fraction of sp³-hybridized carbons (Fsp3) is 0.333.